The Balaban J connectivity index is 0.000000227. The molecule has 0 unspecified atom stereocenters. The van der Waals surface area contributed by atoms with Gasteiger partial charge in [-0.15, -0.1) is 25.0 Å². The second-order valence-electron chi connectivity index (χ2n) is 9.59. The predicted molar refractivity (Wildman–Crippen MR) is 149 cm³/mol. The third-order valence-electron chi connectivity index (χ3n) is 6.43. The maximum absolute atomic E-state index is 13.3. The molecule has 0 aromatic heterocycles. The van der Waals surface area contributed by atoms with Crippen LogP contribution in [0.4, 0.5) is 46.5 Å². The SMILES string of the molecule is CC1=[C-]CC=C1.CC1=[C-]CC=C1.Fc1[c-]c(F)c(F)c(N2CCOCC2)c1F.Fc1[c-]c(F)c(F)c(N2CCOCC2)c1F.[Ti+4]. The number of halogens is 8. The number of hydrogen-bond donors (Lipinski definition) is 0. The van der Waals surface area contributed by atoms with Gasteiger partial charge in [-0.25, -0.2) is 40.9 Å². The van der Waals surface area contributed by atoms with E-state index in [1.165, 1.54) is 33.1 Å². The summed E-state index contributed by atoms with van der Waals surface area (Å²) in [5.41, 5.74) is 1.18. The minimum Gasteiger partial charge on any atom is -0.383 e. The van der Waals surface area contributed by atoms with Gasteiger partial charge in [-0.05, 0) is 0 Å². The molecule has 2 aliphatic carbocycles. The Morgan fingerprint density at radius 3 is 1.02 bits per heavy atom. The van der Waals surface area contributed by atoms with Gasteiger partial charge in [0.1, 0.15) is 0 Å². The van der Waals surface area contributed by atoms with E-state index in [9.17, 15) is 35.1 Å². The molecule has 240 valence electrons. The molecule has 4 aliphatic rings. The van der Waals surface area contributed by atoms with Gasteiger partial charge < -0.3 is 19.3 Å². The fourth-order valence-corrected chi connectivity index (χ4v) is 4.18. The topological polar surface area (TPSA) is 24.9 Å². The first-order valence-electron chi connectivity index (χ1n) is 13.6. The van der Waals surface area contributed by atoms with E-state index in [4.69, 9.17) is 9.47 Å². The zero-order valence-corrected chi connectivity index (χ0v) is 26.2. The Hall–Kier alpha value is -2.93. The number of nitrogens with zero attached hydrogens (tertiary/aromatic N) is 2. The fourth-order valence-electron chi connectivity index (χ4n) is 4.18. The van der Waals surface area contributed by atoms with E-state index in [-0.39, 0.29) is 74.3 Å². The first kappa shape index (κ1) is 38.3. The average molecular weight is 674 g/mol. The summed E-state index contributed by atoms with van der Waals surface area (Å²) in [7, 11) is 0. The van der Waals surface area contributed by atoms with Gasteiger partial charge in [-0.3, -0.25) is 29.7 Å². The van der Waals surface area contributed by atoms with Gasteiger partial charge in [0.05, 0.1) is 73.0 Å². The van der Waals surface area contributed by atoms with E-state index in [2.05, 4.69) is 50.3 Å². The largest absolute Gasteiger partial charge is 4.00 e. The summed E-state index contributed by atoms with van der Waals surface area (Å²) in [5, 5.41) is 0. The Morgan fingerprint density at radius 2 is 0.822 bits per heavy atom. The van der Waals surface area contributed by atoms with Crippen molar-refractivity contribution in [2.24, 2.45) is 0 Å². The van der Waals surface area contributed by atoms with Crippen molar-refractivity contribution in [1.29, 1.82) is 0 Å². The van der Waals surface area contributed by atoms with Crippen LogP contribution in [-0.2, 0) is 31.2 Å². The summed E-state index contributed by atoms with van der Waals surface area (Å²) in [6.07, 6.45) is 16.7. The first-order valence-corrected chi connectivity index (χ1v) is 13.6. The third kappa shape index (κ3) is 11.1. The molecule has 2 saturated heterocycles. The van der Waals surface area contributed by atoms with Crippen LogP contribution in [0.2, 0.25) is 0 Å². The number of hydrogen-bond acceptors (Lipinski definition) is 4. The van der Waals surface area contributed by atoms with Crippen molar-refractivity contribution in [3.05, 3.63) is 106 Å². The van der Waals surface area contributed by atoms with E-state index < -0.39 is 57.9 Å². The molecule has 2 aromatic carbocycles. The normalized spacial score (nSPS) is 16.8. The van der Waals surface area contributed by atoms with Crippen molar-refractivity contribution < 1.29 is 66.3 Å². The van der Waals surface area contributed by atoms with Crippen molar-refractivity contribution in [3.8, 4) is 0 Å². The number of rotatable bonds is 2. The van der Waals surface area contributed by atoms with Crippen LogP contribution in [0, 0.1) is 70.8 Å². The van der Waals surface area contributed by atoms with Gasteiger partial charge in [-0.1, -0.05) is 13.8 Å². The molecule has 6 rings (SSSR count). The molecule has 2 heterocycles. The molecule has 45 heavy (non-hydrogen) atoms. The zero-order chi connectivity index (χ0) is 32.2. The quantitative estimate of drug-likeness (QED) is 0.146. The smallest absolute Gasteiger partial charge is 0.383 e. The maximum atomic E-state index is 13.3. The summed E-state index contributed by atoms with van der Waals surface area (Å²) in [4.78, 5) is 2.43. The molecular weight excluding hydrogens is 644 g/mol. The van der Waals surface area contributed by atoms with Gasteiger partial charge in [0, 0.05) is 37.6 Å². The summed E-state index contributed by atoms with van der Waals surface area (Å²) >= 11 is 0. The van der Waals surface area contributed by atoms with Crippen molar-refractivity contribution >= 4 is 11.4 Å². The number of benzene rings is 2. The number of ether oxygens (including phenoxy) is 2. The molecule has 0 spiro atoms. The van der Waals surface area contributed by atoms with E-state index >= 15 is 0 Å². The zero-order valence-electron chi connectivity index (χ0n) is 24.6. The molecular formula is C32H30F8N2O2Ti. The van der Waals surface area contributed by atoms with Gasteiger partial charge >= 0.3 is 21.7 Å². The van der Waals surface area contributed by atoms with E-state index in [0.717, 1.165) is 12.8 Å². The van der Waals surface area contributed by atoms with Crippen LogP contribution in [0.15, 0.2) is 35.5 Å². The van der Waals surface area contributed by atoms with E-state index in [0.29, 0.717) is 0 Å². The monoisotopic (exact) mass is 674 g/mol. The molecule has 0 atom stereocenters. The van der Waals surface area contributed by atoms with Crippen LogP contribution in [0.25, 0.3) is 0 Å². The van der Waals surface area contributed by atoms with Gasteiger partial charge in [0.15, 0.2) is 0 Å². The van der Waals surface area contributed by atoms with Gasteiger partial charge in [-0.2, -0.15) is 12.2 Å². The molecule has 0 radical (unpaired) electrons. The molecule has 0 saturated carbocycles. The van der Waals surface area contributed by atoms with Crippen LogP contribution in [0.5, 0.6) is 0 Å². The molecule has 0 bridgehead atoms. The minimum absolute atomic E-state index is 0. The van der Waals surface area contributed by atoms with Crippen LogP contribution < -0.4 is 9.80 Å². The van der Waals surface area contributed by atoms with Crippen molar-refractivity contribution in [1.82, 2.24) is 0 Å². The van der Waals surface area contributed by atoms with E-state index in [1.807, 2.05) is 0 Å². The molecule has 4 nitrogen and oxygen atoms in total. The average Bonchev–Trinajstić information content (AvgIpc) is 3.71. The van der Waals surface area contributed by atoms with Crippen molar-refractivity contribution in [2.75, 3.05) is 62.4 Å². The van der Waals surface area contributed by atoms with Crippen LogP contribution in [0.1, 0.15) is 26.7 Å². The van der Waals surface area contributed by atoms with E-state index in [1.54, 1.807) is 0 Å². The van der Waals surface area contributed by atoms with Crippen LogP contribution in [-0.4, -0.2) is 52.6 Å². The molecule has 0 amide bonds. The Labute approximate surface area is 272 Å². The van der Waals surface area contributed by atoms with Gasteiger partial charge in [0.25, 0.3) is 0 Å². The maximum Gasteiger partial charge on any atom is 4.00 e. The molecule has 0 N–H and O–H groups in total. The Morgan fingerprint density at radius 1 is 0.533 bits per heavy atom. The van der Waals surface area contributed by atoms with Crippen LogP contribution in [0.3, 0.4) is 0 Å². The summed E-state index contributed by atoms with van der Waals surface area (Å²) in [5.74, 6) is -11.7. The minimum atomic E-state index is -1.51. The molecule has 2 fully saturated rings. The number of anilines is 2. The van der Waals surface area contributed by atoms with Crippen LogP contribution >= 0.6 is 0 Å². The summed E-state index contributed by atoms with van der Waals surface area (Å²) in [6.45, 7) is 5.94. The Kier molecular flexibility index (Phi) is 16.1. The summed E-state index contributed by atoms with van der Waals surface area (Å²) < 4.78 is 115. The van der Waals surface area contributed by atoms with Gasteiger partial charge in [0.2, 0.25) is 0 Å². The third-order valence-corrected chi connectivity index (χ3v) is 6.43. The second kappa shape index (κ2) is 18.9. The number of morpholine rings is 2. The predicted octanol–water partition coefficient (Wildman–Crippen LogP) is 7.15. The molecule has 2 aliphatic heterocycles. The first-order chi connectivity index (χ1) is 21.0. The molecule has 2 aromatic rings. The molecule has 13 heteroatoms. The fraction of sp³-hybridized carbons (Fsp3) is 0.375. The van der Waals surface area contributed by atoms with Crippen molar-refractivity contribution in [3.63, 3.8) is 0 Å². The summed E-state index contributed by atoms with van der Waals surface area (Å²) in [6, 6.07) is 2.69. The standard InChI is InChI=1S/2C10H8F4NO.2C6H7.Ti/c2*11-6-5-7(12)9(14)10(8(6)13)15-1-3-16-4-2-15;2*1-6-4-2-3-5-6;/h2*1-4H2;2*2,4H,3H2,1H3;/q4*-1;+4. The second-order valence-corrected chi connectivity index (χ2v) is 9.59. The Bertz CT molecular complexity index is 1240. The van der Waals surface area contributed by atoms with Crippen molar-refractivity contribution in [2.45, 2.75) is 26.7 Å². The number of allylic oxidation sites excluding steroid dienone is 8.